The van der Waals surface area contributed by atoms with Gasteiger partial charge in [-0.2, -0.15) is 0 Å². The van der Waals surface area contributed by atoms with E-state index in [0.29, 0.717) is 16.7 Å². The second-order valence-corrected chi connectivity index (χ2v) is 6.92. The maximum atomic E-state index is 7.43. The number of hydrogen-bond donors (Lipinski definition) is 2. The number of amidine groups is 1. The fourth-order valence-corrected chi connectivity index (χ4v) is 3.56. The molecule has 7 heteroatoms. The van der Waals surface area contributed by atoms with E-state index in [-0.39, 0.29) is 11.1 Å². The molecule has 0 fully saturated rings. The molecule has 1 atom stereocenters. The largest absolute Gasteiger partial charge is 0.455 e. The second-order valence-electron chi connectivity index (χ2n) is 4.56. The van der Waals surface area contributed by atoms with Gasteiger partial charge in [-0.15, -0.1) is 0 Å². The Morgan fingerprint density at radius 3 is 2.90 bits per heavy atom. The van der Waals surface area contributed by atoms with Crippen LogP contribution in [0.5, 0.6) is 11.5 Å². The van der Waals surface area contributed by atoms with Crippen molar-refractivity contribution in [3.05, 3.63) is 51.2 Å². The lowest BCUT2D eigenvalue weighted by Crippen LogP contribution is -2.15. The average Bonchev–Trinajstić information content (AvgIpc) is 2.44. The maximum Gasteiger partial charge on any atom is 0.151 e. The monoisotopic (exact) mass is 383 g/mol. The zero-order chi connectivity index (χ0) is 15.0. The van der Waals surface area contributed by atoms with Crippen LogP contribution in [0.2, 0.25) is 5.15 Å². The lowest BCUT2D eigenvalue weighted by molar-refractivity contribution is 0.448. The second kappa shape index (κ2) is 5.87. The van der Waals surface area contributed by atoms with Crippen molar-refractivity contribution < 1.29 is 4.74 Å². The molecule has 2 aromatic rings. The maximum absolute atomic E-state index is 7.43. The van der Waals surface area contributed by atoms with E-state index in [1.165, 1.54) is 11.8 Å². The number of benzene rings is 1. The lowest BCUT2D eigenvalue weighted by atomic mass is 9.90. The van der Waals surface area contributed by atoms with Crippen LogP contribution in [0.4, 0.5) is 0 Å². The smallest absolute Gasteiger partial charge is 0.151 e. The van der Waals surface area contributed by atoms with Gasteiger partial charge in [-0.05, 0) is 24.3 Å². The SMILES string of the molecule is N=C(N)SC[C@@H]1c2cc(Br)ccc2Oc2cnc(Cl)cc21. The van der Waals surface area contributed by atoms with Crippen molar-refractivity contribution in [2.24, 2.45) is 5.73 Å². The highest BCUT2D eigenvalue weighted by atomic mass is 79.9. The third-order valence-electron chi connectivity index (χ3n) is 3.21. The number of nitrogens with zero attached hydrogens (tertiary/aromatic N) is 1. The highest BCUT2D eigenvalue weighted by Gasteiger charge is 2.28. The highest BCUT2D eigenvalue weighted by Crippen LogP contribution is 2.46. The summed E-state index contributed by atoms with van der Waals surface area (Å²) in [7, 11) is 0. The predicted molar refractivity (Wildman–Crippen MR) is 89.7 cm³/mol. The van der Waals surface area contributed by atoms with E-state index in [4.69, 9.17) is 27.5 Å². The lowest BCUT2D eigenvalue weighted by Gasteiger charge is -2.28. The molecule has 2 heterocycles. The van der Waals surface area contributed by atoms with Crippen LogP contribution in [0.25, 0.3) is 0 Å². The number of halogens is 2. The molecule has 1 aromatic carbocycles. The topological polar surface area (TPSA) is 72.0 Å². The standard InChI is InChI=1S/C14H11BrClN3OS/c15-7-1-2-11-8(3-7)10(6-21-14(17)18)9-4-13(16)19-5-12(9)20-11/h1-5,10H,6H2,(H3,17,18)/t10-/m1/s1. The van der Waals surface area contributed by atoms with Gasteiger partial charge in [-0.25, -0.2) is 4.98 Å². The van der Waals surface area contributed by atoms with Crippen LogP contribution in [-0.2, 0) is 0 Å². The van der Waals surface area contributed by atoms with Gasteiger partial charge in [0.25, 0.3) is 0 Å². The highest BCUT2D eigenvalue weighted by molar-refractivity contribution is 9.10. The number of nitrogens with two attached hydrogens (primary N) is 1. The van der Waals surface area contributed by atoms with Crippen LogP contribution in [0.1, 0.15) is 17.0 Å². The van der Waals surface area contributed by atoms with Crippen LogP contribution in [0, 0.1) is 5.41 Å². The first-order chi connectivity index (χ1) is 10.0. The minimum absolute atomic E-state index is 0.0515. The molecule has 3 N–H and O–H groups in total. The molecule has 0 spiro atoms. The van der Waals surface area contributed by atoms with Gasteiger partial charge in [-0.1, -0.05) is 39.3 Å². The summed E-state index contributed by atoms with van der Waals surface area (Å²) in [5, 5.41) is 7.95. The summed E-state index contributed by atoms with van der Waals surface area (Å²) < 4.78 is 6.87. The Hall–Kier alpha value is -1.24. The molecule has 1 aliphatic heterocycles. The van der Waals surface area contributed by atoms with E-state index in [2.05, 4.69) is 20.9 Å². The van der Waals surface area contributed by atoms with Crippen LogP contribution in [-0.4, -0.2) is 15.9 Å². The Balaban J connectivity index is 2.09. The van der Waals surface area contributed by atoms with E-state index in [0.717, 1.165) is 21.3 Å². The van der Waals surface area contributed by atoms with Gasteiger partial charge in [0.1, 0.15) is 16.7 Å². The van der Waals surface area contributed by atoms with Gasteiger partial charge in [0.05, 0.1) is 6.20 Å². The van der Waals surface area contributed by atoms with E-state index in [1.54, 1.807) is 6.20 Å². The van der Waals surface area contributed by atoms with Crippen molar-refractivity contribution in [1.82, 2.24) is 4.98 Å². The van der Waals surface area contributed by atoms with Gasteiger partial charge in [-0.3, -0.25) is 5.41 Å². The summed E-state index contributed by atoms with van der Waals surface area (Å²) in [5.74, 6) is 2.19. The molecule has 4 nitrogen and oxygen atoms in total. The van der Waals surface area contributed by atoms with E-state index < -0.39 is 0 Å². The third kappa shape index (κ3) is 3.02. The van der Waals surface area contributed by atoms with Gasteiger partial charge in [0, 0.05) is 27.3 Å². The molecule has 0 saturated heterocycles. The van der Waals surface area contributed by atoms with Gasteiger partial charge in [0.2, 0.25) is 0 Å². The molecule has 0 bridgehead atoms. The Kier molecular flexibility index (Phi) is 4.10. The molecular formula is C14H11BrClN3OS. The molecule has 108 valence electrons. The van der Waals surface area contributed by atoms with E-state index in [9.17, 15) is 0 Å². The Morgan fingerprint density at radius 1 is 1.38 bits per heavy atom. The van der Waals surface area contributed by atoms with Gasteiger partial charge >= 0.3 is 0 Å². The first kappa shape index (κ1) is 14.7. The number of fused-ring (bicyclic) bond motifs is 2. The molecule has 1 aromatic heterocycles. The zero-order valence-electron chi connectivity index (χ0n) is 10.8. The first-order valence-electron chi connectivity index (χ1n) is 6.14. The van der Waals surface area contributed by atoms with Crippen molar-refractivity contribution in [2.75, 3.05) is 5.75 Å². The van der Waals surface area contributed by atoms with Crippen molar-refractivity contribution >= 4 is 44.5 Å². The first-order valence-corrected chi connectivity index (χ1v) is 8.30. The summed E-state index contributed by atoms with van der Waals surface area (Å²) in [6.07, 6.45) is 1.63. The summed E-state index contributed by atoms with van der Waals surface area (Å²) in [6.45, 7) is 0. The summed E-state index contributed by atoms with van der Waals surface area (Å²) in [4.78, 5) is 4.07. The molecule has 1 aliphatic rings. The number of nitrogens with one attached hydrogen (secondary N) is 1. The quantitative estimate of drug-likeness (QED) is 0.458. The molecule has 3 rings (SSSR count). The minimum atomic E-state index is 0.0515. The Morgan fingerprint density at radius 2 is 2.14 bits per heavy atom. The van der Waals surface area contributed by atoms with Crippen molar-refractivity contribution in [3.8, 4) is 11.5 Å². The average molecular weight is 385 g/mol. The number of thioether (sulfide) groups is 1. The fraction of sp³-hybridized carbons (Fsp3) is 0.143. The van der Waals surface area contributed by atoms with Crippen LogP contribution >= 0.6 is 39.3 Å². The molecule has 21 heavy (non-hydrogen) atoms. The number of pyridine rings is 1. The van der Waals surface area contributed by atoms with E-state index in [1.807, 2.05) is 24.3 Å². The normalized spacial score (nSPS) is 15.8. The van der Waals surface area contributed by atoms with Crippen molar-refractivity contribution in [1.29, 1.82) is 5.41 Å². The summed E-state index contributed by atoms with van der Waals surface area (Å²) >= 11 is 10.8. The van der Waals surface area contributed by atoms with Crippen LogP contribution in [0.15, 0.2) is 34.9 Å². The Labute approximate surface area is 139 Å². The van der Waals surface area contributed by atoms with Crippen molar-refractivity contribution in [3.63, 3.8) is 0 Å². The zero-order valence-corrected chi connectivity index (χ0v) is 13.9. The molecule has 0 unspecified atom stereocenters. The number of rotatable bonds is 2. The molecule has 0 amide bonds. The fourth-order valence-electron chi connectivity index (χ4n) is 2.31. The summed E-state index contributed by atoms with van der Waals surface area (Å²) in [5.41, 5.74) is 7.49. The molecular weight excluding hydrogens is 374 g/mol. The predicted octanol–water partition coefficient (Wildman–Crippen LogP) is 4.36. The van der Waals surface area contributed by atoms with Crippen LogP contribution in [0.3, 0.4) is 0 Å². The van der Waals surface area contributed by atoms with E-state index >= 15 is 0 Å². The van der Waals surface area contributed by atoms with Crippen LogP contribution < -0.4 is 10.5 Å². The van der Waals surface area contributed by atoms with Gasteiger partial charge < -0.3 is 10.5 Å². The number of ether oxygens (including phenoxy) is 1. The Bertz CT molecular complexity index is 674. The van der Waals surface area contributed by atoms with Crippen molar-refractivity contribution in [2.45, 2.75) is 5.92 Å². The number of aromatic nitrogens is 1. The molecule has 0 saturated carbocycles. The molecule has 0 radical (unpaired) electrons. The third-order valence-corrected chi connectivity index (χ3v) is 4.72. The number of hydrogen-bond acceptors (Lipinski definition) is 4. The molecule has 0 aliphatic carbocycles. The minimum Gasteiger partial charge on any atom is -0.455 e. The van der Waals surface area contributed by atoms with Gasteiger partial charge in [0.15, 0.2) is 5.17 Å². The summed E-state index contributed by atoms with van der Waals surface area (Å²) in [6, 6.07) is 7.69.